The highest BCUT2D eigenvalue weighted by atomic mass is 16.5. The van der Waals surface area contributed by atoms with Crippen molar-refractivity contribution in [3.63, 3.8) is 0 Å². The minimum Gasteiger partial charge on any atom is -0.488 e. The molecule has 2 unspecified atom stereocenters. The van der Waals surface area contributed by atoms with Gasteiger partial charge in [0.15, 0.2) is 0 Å². The molecule has 1 fully saturated rings. The van der Waals surface area contributed by atoms with Gasteiger partial charge in [-0.3, -0.25) is 9.59 Å². The predicted octanol–water partition coefficient (Wildman–Crippen LogP) is 8.33. The summed E-state index contributed by atoms with van der Waals surface area (Å²) >= 11 is 0. The summed E-state index contributed by atoms with van der Waals surface area (Å²) in [5, 5.41) is 7.13. The number of carbonyl (C=O) groups is 4. The lowest BCUT2D eigenvalue weighted by atomic mass is 9.92. The molecule has 324 valence electrons. The van der Waals surface area contributed by atoms with Gasteiger partial charge in [0.05, 0.1) is 49.7 Å². The van der Waals surface area contributed by atoms with E-state index in [9.17, 15) is 19.2 Å². The van der Waals surface area contributed by atoms with Crippen LogP contribution in [0.1, 0.15) is 88.2 Å². The highest BCUT2D eigenvalue weighted by Gasteiger charge is 2.37. The number of fused-ring (bicyclic) bond motifs is 6. The topological polar surface area (TPSA) is 184 Å². The number of hydrogen-bond donors (Lipinski definition) is 4. The van der Waals surface area contributed by atoms with Gasteiger partial charge >= 0.3 is 12.2 Å². The third-order valence-electron chi connectivity index (χ3n) is 11.3. The van der Waals surface area contributed by atoms with Crippen LogP contribution in [0.25, 0.3) is 44.2 Å². The minimum absolute atomic E-state index is 0.0662. The summed E-state index contributed by atoms with van der Waals surface area (Å²) in [6.45, 7) is 9.21. The molecule has 15 nitrogen and oxygen atoms in total. The van der Waals surface area contributed by atoms with Crippen molar-refractivity contribution in [2.24, 2.45) is 0 Å². The van der Waals surface area contributed by atoms with Crippen molar-refractivity contribution in [2.75, 3.05) is 27.3 Å². The first kappa shape index (κ1) is 43.2. The highest BCUT2D eigenvalue weighted by Crippen LogP contribution is 2.43. The van der Waals surface area contributed by atoms with Gasteiger partial charge in [-0.1, -0.05) is 75.7 Å². The molecule has 6 aromatic rings. The fraction of sp³-hybridized carbons (Fsp3) is 0.362. The quantitative estimate of drug-likeness (QED) is 0.0996. The van der Waals surface area contributed by atoms with Gasteiger partial charge in [0.25, 0.3) is 5.91 Å². The van der Waals surface area contributed by atoms with E-state index in [0.717, 1.165) is 74.8 Å². The number of ether oxygens (including phenoxy) is 3. The number of aromatic amines is 2. The second-order valence-electron chi connectivity index (χ2n) is 15.6. The van der Waals surface area contributed by atoms with Crippen LogP contribution in [0.2, 0.25) is 0 Å². The van der Waals surface area contributed by atoms with Crippen LogP contribution in [-0.4, -0.2) is 87.1 Å². The highest BCUT2D eigenvalue weighted by molar-refractivity contribution is 6.07. The molecule has 0 spiro atoms. The zero-order chi connectivity index (χ0) is 43.9. The van der Waals surface area contributed by atoms with E-state index in [1.54, 1.807) is 16.0 Å². The SMILES string of the molecule is CCC.CC[C@H](C)N(Cc1ncc(-c2ccc3c(c2)COc2cc4c(ccc5[nH]c(C6CCCN6C(=O)C(NC(=O)OC)c6ccccc6)nc54)cc2-3)[nH]1)C(=O)CNC(=O)OC. The summed E-state index contributed by atoms with van der Waals surface area (Å²) in [6, 6.07) is 22.4. The van der Waals surface area contributed by atoms with Gasteiger partial charge in [-0.15, -0.1) is 0 Å². The smallest absolute Gasteiger partial charge is 0.407 e. The Bertz CT molecular complexity index is 2570. The van der Waals surface area contributed by atoms with Crippen molar-refractivity contribution in [1.29, 1.82) is 0 Å². The average Bonchev–Trinajstić information content (AvgIpc) is 4.09. The molecule has 4 heterocycles. The molecule has 4 aromatic carbocycles. The van der Waals surface area contributed by atoms with Crippen LogP contribution in [0, 0.1) is 0 Å². The van der Waals surface area contributed by atoms with E-state index in [1.807, 2.05) is 62.4 Å². The molecule has 2 aliphatic rings. The van der Waals surface area contributed by atoms with E-state index in [-0.39, 0.29) is 37.0 Å². The first-order chi connectivity index (χ1) is 30.1. The molecule has 0 aliphatic carbocycles. The summed E-state index contributed by atoms with van der Waals surface area (Å²) in [7, 11) is 2.54. The van der Waals surface area contributed by atoms with Crippen molar-refractivity contribution in [2.45, 2.75) is 84.7 Å². The maximum atomic E-state index is 14.1. The van der Waals surface area contributed by atoms with Crippen LogP contribution in [0.5, 0.6) is 5.75 Å². The zero-order valence-corrected chi connectivity index (χ0v) is 36.0. The number of imidazole rings is 2. The molecule has 0 radical (unpaired) electrons. The Labute approximate surface area is 360 Å². The number of likely N-dealkylation sites (tertiary alicyclic amines) is 1. The second-order valence-corrected chi connectivity index (χ2v) is 15.6. The van der Waals surface area contributed by atoms with Crippen molar-refractivity contribution >= 4 is 45.8 Å². The molecule has 15 heteroatoms. The van der Waals surface area contributed by atoms with Gasteiger partial charge in [0.1, 0.15) is 36.6 Å². The number of nitrogens with zero attached hydrogens (tertiary/aromatic N) is 4. The monoisotopic (exact) mass is 842 g/mol. The molecule has 0 saturated carbocycles. The fourth-order valence-corrected chi connectivity index (χ4v) is 8.00. The largest absolute Gasteiger partial charge is 0.488 e. The molecule has 62 heavy (non-hydrogen) atoms. The molecule has 8 rings (SSSR count). The summed E-state index contributed by atoms with van der Waals surface area (Å²) in [5.74, 6) is 1.62. The third-order valence-corrected chi connectivity index (χ3v) is 11.3. The summed E-state index contributed by atoms with van der Waals surface area (Å²) in [6.07, 6.45) is 3.94. The van der Waals surface area contributed by atoms with E-state index in [0.29, 0.717) is 30.4 Å². The zero-order valence-electron chi connectivity index (χ0n) is 36.0. The van der Waals surface area contributed by atoms with Crippen LogP contribution in [-0.2, 0) is 32.2 Å². The molecule has 3 atom stereocenters. The molecular formula is C47H54N8O7. The van der Waals surface area contributed by atoms with Gasteiger partial charge in [0, 0.05) is 23.5 Å². The lowest BCUT2D eigenvalue weighted by Gasteiger charge is -2.28. The normalized spacial score (nSPS) is 15.0. The Kier molecular flexibility index (Phi) is 13.4. The van der Waals surface area contributed by atoms with Crippen LogP contribution in [0.4, 0.5) is 9.59 Å². The van der Waals surface area contributed by atoms with Gasteiger partial charge < -0.3 is 44.6 Å². The second kappa shape index (κ2) is 19.2. The Morgan fingerprint density at radius 1 is 0.952 bits per heavy atom. The minimum atomic E-state index is -0.902. The van der Waals surface area contributed by atoms with Crippen molar-refractivity contribution in [1.82, 2.24) is 40.4 Å². The summed E-state index contributed by atoms with van der Waals surface area (Å²) < 4.78 is 15.9. The summed E-state index contributed by atoms with van der Waals surface area (Å²) in [4.78, 5) is 71.0. The van der Waals surface area contributed by atoms with Crippen LogP contribution in [0.15, 0.2) is 79.0 Å². The van der Waals surface area contributed by atoms with Crippen LogP contribution in [0.3, 0.4) is 0 Å². The van der Waals surface area contributed by atoms with E-state index in [4.69, 9.17) is 14.5 Å². The molecule has 4 N–H and O–H groups in total. The van der Waals surface area contributed by atoms with Crippen molar-refractivity contribution < 1.29 is 33.4 Å². The van der Waals surface area contributed by atoms with Gasteiger partial charge in [-0.05, 0) is 78.1 Å². The van der Waals surface area contributed by atoms with Crippen LogP contribution >= 0.6 is 0 Å². The maximum Gasteiger partial charge on any atom is 0.407 e. The average molecular weight is 843 g/mol. The number of methoxy groups -OCH3 is 2. The van der Waals surface area contributed by atoms with Crippen molar-refractivity contribution in [3.05, 3.63) is 102 Å². The van der Waals surface area contributed by atoms with Gasteiger partial charge in [-0.2, -0.15) is 0 Å². The number of hydrogen-bond acceptors (Lipinski definition) is 9. The molecule has 2 aromatic heterocycles. The number of aromatic nitrogens is 4. The lowest BCUT2D eigenvalue weighted by Crippen LogP contribution is -2.44. The first-order valence-corrected chi connectivity index (χ1v) is 21.1. The molecule has 1 saturated heterocycles. The molecule has 0 bridgehead atoms. The van der Waals surface area contributed by atoms with E-state index < -0.39 is 18.2 Å². The fourth-order valence-electron chi connectivity index (χ4n) is 8.00. The molecular weight excluding hydrogens is 789 g/mol. The lowest BCUT2D eigenvalue weighted by molar-refractivity contribution is -0.134. The standard InChI is InChI=1S/C44H46N8O7.C3H8/c1-5-25(2)52(38(53)22-46-43(55)57-3)23-37-45-21-34(47-37)28-13-15-30-29(18-28)24-59-36-20-31-27(19-32(30)36)14-16-33-40(31)49-41(48-33)35-12-9-17-51(35)42(54)39(50-44(56)58-4)26-10-7-6-8-11-26;1-3-2/h6-8,10-11,13-16,18-21,25,35,39H,5,9,12,17,22-24H2,1-4H3,(H,45,47)(H,46,55)(H,48,49)(H,50,56);3H2,1-2H3/t25-,35?,39?;/m0./s1. The number of alkyl carbamates (subject to hydrolysis) is 2. The van der Waals surface area contributed by atoms with Gasteiger partial charge in [0.2, 0.25) is 5.91 Å². The number of benzene rings is 4. The Balaban J connectivity index is 0.00000187. The molecule has 2 aliphatic heterocycles. The van der Waals surface area contributed by atoms with Crippen LogP contribution < -0.4 is 15.4 Å². The van der Waals surface area contributed by atoms with Gasteiger partial charge in [-0.25, -0.2) is 19.6 Å². The van der Waals surface area contributed by atoms with E-state index in [2.05, 4.69) is 68.4 Å². The Morgan fingerprint density at radius 2 is 1.73 bits per heavy atom. The number of nitrogens with one attached hydrogen (secondary N) is 4. The Morgan fingerprint density at radius 3 is 2.47 bits per heavy atom. The maximum absolute atomic E-state index is 14.1. The summed E-state index contributed by atoms with van der Waals surface area (Å²) in [5.41, 5.74) is 7.14. The number of amides is 4. The van der Waals surface area contributed by atoms with Crippen molar-refractivity contribution in [3.8, 4) is 28.1 Å². The third kappa shape index (κ3) is 9.06. The number of rotatable bonds is 11. The predicted molar refractivity (Wildman–Crippen MR) is 236 cm³/mol. The first-order valence-electron chi connectivity index (χ1n) is 21.1. The Hall–Kier alpha value is -6.90. The molecule has 4 amide bonds. The van der Waals surface area contributed by atoms with E-state index >= 15 is 0 Å². The number of H-pyrrole nitrogens is 2. The number of carbonyl (C=O) groups excluding carboxylic acids is 4. The van der Waals surface area contributed by atoms with E-state index in [1.165, 1.54) is 20.6 Å².